The SMILES string of the molecule is CS(=O)(=O)c1ccc(-c2ccc3cnc(Nc4ccc(C5CCN(CCO)CC5)cc4)nn23)cc1. The number of likely N-dealkylation sites (tertiary alicyclic amines) is 1. The Kier molecular flexibility index (Phi) is 6.55. The monoisotopic (exact) mass is 491 g/mol. The van der Waals surface area contributed by atoms with E-state index in [1.165, 1.54) is 11.8 Å². The molecule has 0 amide bonds. The van der Waals surface area contributed by atoms with Crippen molar-refractivity contribution in [2.24, 2.45) is 0 Å². The number of nitrogens with one attached hydrogen (secondary N) is 1. The van der Waals surface area contributed by atoms with Gasteiger partial charge in [0.25, 0.3) is 0 Å². The molecule has 3 heterocycles. The molecule has 0 saturated carbocycles. The van der Waals surface area contributed by atoms with Crippen molar-refractivity contribution in [3.8, 4) is 11.3 Å². The van der Waals surface area contributed by atoms with Gasteiger partial charge in [-0.25, -0.2) is 17.9 Å². The highest BCUT2D eigenvalue weighted by Crippen LogP contribution is 2.29. The number of fused-ring (bicyclic) bond motifs is 1. The summed E-state index contributed by atoms with van der Waals surface area (Å²) in [4.78, 5) is 7.05. The Morgan fingerprint density at radius 1 is 1.00 bits per heavy atom. The van der Waals surface area contributed by atoms with E-state index in [0.717, 1.165) is 54.9 Å². The minimum absolute atomic E-state index is 0.221. The number of hydrogen-bond acceptors (Lipinski definition) is 7. The molecule has 0 bridgehead atoms. The maximum atomic E-state index is 11.8. The highest BCUT2D eigenvalue weighted by atomic mass is 32.2. The maximum absolute atomic E-state index is 11.8. The number of rotatable bonds is 7. The van der Waals surface area contributed by atoms with Crippen molar-refractivity contribution in [3.05, 3.63) is 72.4 Å². The van der Waals surface area contributed by atoms with Crippen LogP contribution in [0.4, 0.5) is 11.6 Å². The zero-order valence-electron chi connectivity index (χ0n) is 19.6. The van der Waals surface area contributed by atoms with Gasteiger partial charge in [-0.1, -0.05) is 24.3 Å². The van der Waals surface area contributed by atoms with Crippen LogP contribution in [0.1, 0.15) is 24.3 Å². The number of aliphatic hydroxyl groups is 1. The van der Waals surface area contributed by atoms with Crippen molar-refractivity contribution >= 4 is 27.0 Å². The second-order valence-corrected chi connectivity index (χ2v) is 11.0. The predicted octanol–water partition coefficient (Wildman–Crippen LogP) is 3.72. The molecule has 8 nitrogen and oxygen atoms in total. The van der Waals surface area contributed by atoms with Crippen molar-refractivity contribution in [2.75, 3.05) is 37.8 Å². The summed E-state index contributed by atoms with van der Waals surface area (Å²) in [6.07, 6.45) is 5.18. The van der Waals surface area contributed by atoms with Gasteiger partial charge in [0.1, 0.15) is 0 Å². The number of piperidine rings is 1. The molecule has 0 atom stereocenters. The van der Waals surface area contributed by atoms with E-state index in [0.29, 0.717) is 16.8 Å². The molecule has 2 N–H and O–H groups in total. The smallest absolute Gasteiger partial charge is 0.245 e. The van der Waals surface area contributed by atoms with E-state index >= 15 is 0 Å². The predicted molar refractivity (Wildman–Crippen MR) is 137 cm³/mol. The number of hydrogen-bond donors (Lipinski definition) is 2. The summed E-state index contributed by atoms with van der Waals surface area (Å²) in [6, 6.07) is 19.1. The summed E-state index contributed by atoms with van der Waals surface area (Å²) < 4.78 is 25.3. The average Bonchev–Trinajstić information content (AvgIpc) is 3.28. The molecule has 0 unspecified atom stereocenters. The molecular formula is C26H29N5O3S. The average molecular weight is 492 g/mol. The van der Waals surface area contributed by atoms with E-state index in [1.54, 1.807) is 35.0 Å². The quantitative estimate of drug-likeness (QED) is 0.406. The Hall–Kier alpha value is -3.27. The van der Waals surface area contributed by atoms with Gasteiger partial charge in [-0.2, -0.15) is 0 Å². The zero-order chi connectivity index (χ0) is 24.4. The molecule has 1 aliphatic rings. The van der Waals surface area contributed by atoms with Crippen molar-refractivity contribution < 1.29 is 13.5 Å². The Labute approximate surface area is 205 Å². The van der Waals surface area contributed by atoms with E-state index in [1.807, 2.05) is 12.1 Å². The number of sulfone groups is 1. The molecule has 2 aromatic carbocycles. The fourth-order valence-corrected chi connectivity index (χ4v) is 5.28. The summed E-state index contributed by atoms with van der Waals surface area (Å²) in [5, 5.41) is 17.1. The van der Waals surface area contributed by atoms with Gasteiger partial charge < -0.3 is 15.3 Å². The van der Waals surface area contributed by atoms with Gasteiger partial charge in [0.2, 0.25) is 5.95 Å². The van der Waals surface area contributed by atoms with Gasteiger partial charge in [-0.3, -0.25) is 0 Å². The lowest BCUT2D eigenvalue weighted by Gasteiger charge is -2.31. The first-order valence-corrected chi connectivity index (χ1v) is 13.7. The molecule has 0 spiro atoms. The largest absolute Gasteiger partial charge is 0.395 e. The topological polar surface area (TPSA) is 99.8 Å². The highest BCUT2D eigenvalue weighted by Gasteiger charge is 2.20. The fourth-order valence-electron chi connectivity index (χ4n) is 4.65. The molecule has 1 saturated heterocycles. The second-order valence-electron chi connectivity index (χ2n) is 9.02. The fraction of sp³-hybridized carbons (Fsp3) is 0.308. The van der Waals surface area contributed by atoms with Crippen LogP contribution in [0.2, 0.25) is 0 Å². The van der Waals surface area contributed by atoms with Gasteiger partial charge in [0.05, 0.1) is 28.9 Å². The first-order chi connectivity index (χ1) is 16.9. The molecule has 182 valence electrons. The van der Waals surface area contributed by atoms with Crippen molar-refractivity contribution in [1.29, 1.82) is 0 Å². The third-order valence-corrected chi connectivity index (χ3v) is 7.75. The Morgan fingerprint density at radius 2 is 1.71 bits per heavy atom. The van der Waals surface area contributed by atoms with Gasteiger partial charge in [0, 0.05) is 24.1 Å². The summed E-state index contributed by atoms with van der Waals surface area (Å²) >= 11 is 0. The van der Waals surface area contributed by atoms with Crippen LogP contribution in [-0.2, 0) is 9.84 Å². The lowest BCUT2D eigenvalue weighted by molar-refractivity contribution is 0.164. The minimum Gasteiger partial charge on any atom is -0.395 e. The van der Waals surface area contributed by atoms with Crippen LogP contribution in [0.15, 0.2) is 71.8 Å². The molecule has 5 rings (SSSR count). The summed E-state index contributed by atoms with van der Waals surface area (Å²) in [5.41, 5.74) is 4.82. The number of aliphatic hydroxyl groups excluding tert-OH is 1. The lowest BCUT2D eigenvalue weighted by atomic mass is 9.89. The minimum atomic E-state index is -3.24. The number of aromatic nitrogens is 3. The standard InChI is InChI=1S/C26H29N5O3S/c1-35(33,34)24-9-4-21(5-10-24)25-11-8-23-18-27-26(29-31(23)25)28-22-6-2-19(3-7-22)20-12-14-30(15-13-20)16-17-32/h2-11,18,20,32H,12-17H2,1H3,(H,28,29). The van der Waals surface area contributed by atoms with Crippen LogP contribution in [0.25, 0.3) is 16.8 Å². The van der Waals surface area contributed by atoms with Gasteiger partial charge in [0.15, 0.2) is 9.84 Å². The molecule has 1 fully saturated rings. The third kappa shape index (κ3) is 5.22. The Morgan fingerprint density at radius 3 is 2.37 bits per heavy atom. The molecule has 35 heavy (non-hydrogen) atoms. The van der Waals surface area contributed by atoms with Crippen LogP contribution in [-0.4, -0.2) is 65.5 Å². The zero-order valence-corrected chi connectivity index (χ0v) is 20.4. The molecule has 9 heteroatoms. The summed E-state index contributed by atoms with van der Waals surface area (Å²) in [6.45, 7) is 3.03. The molecule has 1 aliphatic heterocycles. The van der Waals surface area contributed by atoms with Gasteiger partial charge in [-0.05, 0) is 73.8 Å². The highest BCUT2D eigenvalue weighted by molar-refractivity contribution is 7.90. The van der Waals surface area contributed by atoms with E-state index in [9.17, 15) is 8.42 Å². The number of β-amino-alcohol motifs (C(OH)–C–C–N with tert-alkyl or cyclic N) is 1. The van der Waals surface area contributed by atoms with Gasteiger partial charge >= 0.3 is 0 Å². The van der Waals surface area contributed by atoms with Crippen LogP contribution in [0.3, 0.4) is 0 Å². The van der Waals surface area contributed by atoms with E-state index in [4.69, 9.17) is 5.11 Å². The second kappa shape index (κ2) is 9.77. The van der Waals surface area contributed by atoms with Crippen molar-refractivity contribution in [1.82, 2.24) is 19.5 Å². The van der Waals surface area contributed by atoms with Crippen LogP contribution < -0.4 is 5.32 Å². The maximum Gasteiger partial charge on any atom is 0.245 e. The first-order valence-electron chi connectivity index (χ1n) is 11.8. The molecule has 2 aromatic heterocycles. The Balaban J connectivity index is 1.31. The Bertz CT molecular complexity index is 1410. The van der Waals surface area contributed by atoms with Crippen LogP contribution in [0, 0.1) is 0 Å². The number of benzene rings is 2. The third-order valence-electron chi connectivity index (χ3n) is 6.62. The molecular weight excluding hydrogens is 462 g/mol. The van der Waals surface area contributed by atoms with E-state index < -0.39 is 9.84 Å². The van der Waals surface area contributed by atoms with Crippen molar-refractivity contribution in [2.45, 2.75) is 23.7 Å². The first kappa shape index (κ1) is 23.5. The number of anilines is 2. The molecule has 0 radical (unpaired) electrons. The molecule has 4 aromatic rings. The van der Waals surface area contributed by atoms with Crippen molar-refractivity contribution in [3.63, 3.8) is 0 Å². The van der Waals surface area contributed by atoms with Gasteiger partial charge in [-0.15, -0.1) is 5.10 Å². The summed E-state index contributed by atoms with van der Waals surface area (Å²) in [7, 11) is -3.24. The van der Waals surface area contributed by atoms with Crippen LogP contribution >= 0.6 is 0 Å². The van der Waals surface area contributed by atoms with E-state index in [2.05, 4.69) is 44.6 Å². The normalized spacial score (nSPS) is 15.5. The lowest BCUT2D eigenvalue weighted by Crippen LogP contribution is -2.34. The summed E-state index contributed by atoms with van der Waals surface area (Å²) in [5.74, 6) is 1.02. The molecule has 0 aliphatic carbocycles. The van der Waals surface area contributed by atoms with Crippen LogP contribution in [0.5, 0.6) is 0 Å². The van der Waals surface area contributed by atoms with E-state index in [-0.39, 0.29) is 6.61 Å². The number of nitrogens with zero attached hydrogens (tertiary/aromatic N) is 4.